The molecule has 164 valence electrons. The fourth-order valence-electron chi connectivity index (χ4n) is 3.86. The lowest BCUT2D eigenvalue weighted by molar-refractivity contribution is 0.0603. The quantitative estimate of drug-likeness (QED) is 0.352. The van der Waals surface area contributed by atoms with E-state index in [1.807, 2.05) is 54.9 Å². The lowest BCUT2D eigenvalue weighted by Crippen LogP contribution is -2.28. The van der Waals surface area contributed by atoms with Crippen molar-refractivity contribution in [3.05, 3.63) is 77.7 Å². The van der Waals surface area contributed by atoms with Gasteiger partial charge in [0.05, 0.1) is 12.7 Å². The summed E-state index contributed by atoms with van der Waals surface area (Å²) in [6.45, 7) is 2.96. The minimum absolute atomic E-state index is 0.316. The van der Waals surface area contributed by atoms with Gasteiger partial charge in [0, 0.05) is 63.8 Å². The average Bonchev–Trinajstić information content (AvgIpc) is 3.17. The molecular formula is C26H26ClN3O2. The van der Waals surface area contributed by atoms with Crippen molar-refractivity contribution in [2.24, 2.45) is 0 Å². The normalized spacial score (nSPS) is 12.3. The van der Waals surface area contributed by atoms with Gasteiger partial charge in [0.2, 0.25) is 0 Å². The summed E-state index contributed by atoms with van der Waals surface area (Å²) in [5, 5.41) is 1.55. The lowest BCUT2D eigenvalue weighted by Gasteiger charge is -2.20. The molecule has 0 aliphatic heterocycles. The van der Waals surface area contributed by atoms with Crippen LogP contribution in [0, 0.1) is 0 Å². The Hall–Kier alpha value is -3.15. The van der Waals surface area contributed by atoms with E-state index in [2.05, 4.69) is 47.7 Å². The van der Waals surface area contributed by atoms with Crippen LogP contribution < -0.4 is 0 Å². The summed E-state index contributed by atoms with van der Waals surface area (Å²) in [7, 11) is 5.54. The van der Waals surface area contributed by atoms with Crippen molar-refractivity contribution in [3.8, 4) is 22.3 Å². The highest BCUT2D eigenvalue weighted by atomic mass is 35.5. The minimum atomic E-state index is -0.353. The van der Waals surface area contributed by atoms with Crippen LogP contribution in [-0.2, 0) is 11.3 Å². The van der Waals surface area contributed by atoms with E-state index in [0.717, 1.165) is 39.7 Å². The third-order valence-electron chi connectivity index (χ3n) is 5.86. The third kappa shape index (κ3) is 4.27. The fraction of sp³-hybridized carbons (Fsp3) is 0.231. The molecule has 0 fully saturated rings. The molecular weight excluding hydrogens is 422 g/mol. The van der Waals surface area contributed by atoms with Crippen LogP contribution in [0.15, 0.2) is 67.1 Å². The molecule has 6 heteroatoms. The second-order valence-corrected chi connectivity index (χ2v) is 8.61. The SMILES string of the molecule is COC(=O)c1cccc2c1c(-c1cncc(-c3cccc(Cl)c3)c1)cn2CC(C)N(C)C. The molecule has 2 heterocycles. The Morgan fingerprint density at radius 2 is 1.84 bits per heavy atom. The van der Waals surface area contributed by atoms with Gasteiger partial charge in [-0.25, -0.2) is 4.79 Å². The van der Waals surface area contributed by atoms with Gasteiger partial charge >= 0.3 is 5.97 Å². The molecule has 0 radical (unpaired) electrons. The zero-order valence-electron chi connectivity index (χ0n) is 18.7. The molecule has 1 unspecified atom stereocenters. The van der Waals surface area contributed by atoms with Crippen LogP contribution in [0.4, 0.5) is 0 Å². The van der Waals surface area contributed by atoms with Crippen LogP contribution in [0.2, 0.25) is 5.02 Å². The monoisotopic (exact) mass is 447 g/mol. The minimum Gasteiger partial charge on any atom is -0.465 e. The van der Waals surface area contributed by atoms with Gasteiger partial charge in [-0.2, -0.15) is 0 Å². The number of carbonyl (C=O) groups excluding carboxylic acids is 1. The second kappa shape index (κ2) is 9.15. The predicted molar refractivity (Wildman–Crippen MR) is 130 cm³/mol. The van der Waals surface area contributed by atoms with Gasteiger partial charge in [-0.05, 0) is 56.9 Å². The lowest BCUT2D eigenvalue weighted by atomic mass is 9.99. The molecule has 0 spiro atoms. The number of carbonyl (C=O) groups is 1. The van der Waals surface area contributed by atoms with E-state index in [4.69, 9.17) is 16.3 Å². The summed E-state index contributed by atoms with van der Waals surface area (Å²) in [6.07, 6.45) is 5.76. The molecule has 2 aromatic heterocycles. The number of benzene rings is 2. The maximum Gasteiger partial charge on any atom is 0.338 e. The topological polar surface area (TPSA) is 47.4 Å². The van der Waals surface area contributed by atoms with Crippen LogP contribution >= 0.6 is 11.6 Å². The number of methoxy groups -OCH3 is 1. The van der Waals surface area contributed by atoms with E-state index in [1.165, 1.54) is 7.11 Å². The molecule has 1 atom stereocenters. The van der Waals surface area contributed by atoms with Crippen molar-refractivity contribution in [2.75, 3.05) is 21.2 Å². The maximum absolute atomic E-state index is 12.6. The highest BCUT2D eigenvalue weighted by Crippen LogP contribution is 2.35. The number of ether oxygens (including phenoxy) is 1. The zero-order valence-corrected chi connectivity index (χ0v) is 19.4. The van der Waals surface area contributed by atoms with E-state index >= 15 is 0 Å². The highest BCUT2D eigenvalue weighted by Gasteiger charge is 2.20. The second-order valence-electron chi connectivity index (χ2n) is 8.17. The van der Waals surface area contributed by atoms with Gasteiger partial charge in [0.25, 0.3) is 0 Å². The van der Waals surface area contributed by atoms with Gasteiger partial charge in [0.1, 0.15) is 0 Å². The van der Waals surface area contributed by atoms with Gasteiger partial charge in [-0.1, -0.05) is 29.8 Å². The van der Waals surface area contributed by atoms with Crippen molar-refractivity contribution in [3.63, 3.8) is 0 Å². The first-order chi connectivity index (χ1) is 15.4. The fourth-order valence-corrected chi connectivity index (χ4v) is 4.05. The molecule has 0 saturated heterocycles. The molecule has 0 N–H and O–H groups in total. The first-order valence-corrected chi connectivity index (χ1v) is 10.8. The van der Waals surface area contributed by atoms with Crippen molar-refractivity contribution in [1.82, 2.24) is 14.5 Å². The summed E-state index contributed by atoms with van der Waals surface area (Å²) in [5.41, 5.74) is 5.37. The molecule has 2 aromatic carbocycles. The Kier molecular flexibility index (Phi) is 6.31. The molecule has 32 heavy (non-hydrogen) atoms. The van der Waals surface area contributed by atoms with Gasteiger partial charge in [0.15, 0.2) is 0 Å². The molecule has 0 saturated carbocycles. The Labute approximate surface area is 193 Å². The summed E-state index contributed by atoms with van der Waals surface area (Å²) in [4.78, 5) is 19.3. The summed E-state index contributed by atoms with van der Waals surface area (Å²) < 4.78 is 7.29. The number of fused-ring (bicyclic) bond motifs is 1. The van der Waals surface area contributed by atoms with Crippen molar-refractivity contribution < 1.29 is 9.53 Å². The number of nitrogens with zero attached hydrogens (tertiary/aromatic N) is 3. The van der Waals surface area contributed by atoms with Crippen LogP contribution in [0.1, 0.15) is 17.3 Å². The van der Waals surface area contributed by atoms with Crippen LogP contribution in [0.3, 0.4) is 0 Å². The molecule has 0 bridgehead atoms. The largest absolute Gasteiger partial charge is 0.465 e. The summed E-state index contributed by atoms with van der Waals surface area (Å²) in [5.74, 6) is -0.353. The predicted octanol–water partition coefficient (Wildman–Crippen LogP) is 5.76. The molecule has 0 amide bonds. The van der Waals surface area contributed by atoms with Crippen LogP contribution in [-0.4, -0.2) is 47.7 Å². The molecule has 5 nitrogen and oxygen atoms in total. The van der Waals surface area contributed by atoms with Gasteiger partial charge in [-0.15, -0.1) is 0 Å². The summed E-state index contributed by atoms with van der Waals surface area (Å²) in [6, 6.07) is 15.9. The summed E-state index contributed by atoms with van der Waals surface area (Å²) >= 11 is 6.20. The Morgan fingerprint density at radius 1 is 1.09 bits per heavy atom. The Bertz CT molecular complexity index is 1280. The van der Waals surface area contributed by atoms with E-state index in [9.17, 15) is 4.79 Å². The molecule has 4 rings (SSSR count). The molecule has 4 aromatic rings. The van der Waals surface area contributed by atoms with Gasteiger partial charge < -0.3 is 14.2 Å². The number of aromatic nitrogens is 2. The maximum atomic E-state index is 12.6. The van der Waals surface area contributed by atoms with Gasteiger partial charge in [-0.3, -0.25) is 4.98 Å². The van der Waals surface area contributed by atoms with Crippen molar-refractivity contribution >= 4 is 28.5 Å². The van der Waals surface area contributed by atoms with Crippen LogP contribution in [0.25, 0.3) is 33.2 Å². The third-order valence-corrected chi connectivity index (χ3v) is 6.10. The Morgan fingerprint density at radius 3 is 2.56 bits per heavy atom. The zero-order chi connectivity index (χ0) is 22.8. The number of esters is 1. The van der Waals surface area contributed by atoms with E-state index in [0.29, 0.717) is 16.6 Å². The highest BCUT2D eigenvalue weighted by molar-refractivity contribution is 6.30. The number of halogens is 1. The number of rotatable bonds is 6. The first kappa shape index (κ1) is 22.1. The van der Waals surface area contributed by atoms with E-state index in [-0.39, 0.29) is 5.97 Å². The average molecular weight is 448 g/mol. The smallest absolute Gasteiger partial charge is 0.338 e. The standard InChI is InChI=1S/C26H26ClN3O2/c1-17(29(2)3)15-30-16-23(25-22(26(31)32-4)9-6-10-24(25)30)20-11-19(13-28-14-20)18-7-5-8-21(27)12-18/h5-14,16-17H,15H2,1-4H3. The Balaban J connectivity index is 1.92. The number of hydrogen-bond donors (Lipinski definition) is 0. The molecule has 0 aliphatic rings. The number of pyridine rings is 1. The van der Waals surface area contributed by atoms with Crippen molar-refractivity contribution in [1.29, 1.82) is 0 Å². The number of likely N-dealkylation sites (N-methyl/N-ethyl adjacent to an activating group) is 1. The van der Waals surface area contributed by atoms with E-state index < -0.39 is 0 Å². The van der Waals surface area contributed by atoms with Crippen LogP contribution in [0.5, 0.6) is 0 Å². The van der Waals surface area contributed by atoms with E-state index in [1.54, 1.807) is 0 Å². The molecule has 0 aliphatic carbocycles. The number of hydrogen-bond acceptors (Lipinski definition) is 4. The first-order valence-electron chi connectivity index (χ1n) is 10.5. The van der Waals surface area contributed by atoms with Crippen molar-refractivity contribution in [2.45, 2.75) is 19.5 Å².